The summed E-state index contributed by atoms with van der Waals surface area (Å²) >= 11 is 0. The van der Waals surface area contributed by atoms with Crippen molar-refractivity contribution in [3.05, 3.63) is 41.3 Å². The van der Waals surface area contributed by atoms with Crippen LogP contribution in [-0.4, -0.2) is 34.3 Å². The molecule has 0 saturated carbocycles. The molecule has 1 saturated heterocycles. The van der Waals surface area contributed by atoms with E-state index >= 15 is 0 Å². The van der Waals surface area contributed by atoms with Crippen molar-refractivity contribution >= 4 is 0 Å². The summed E-state index contributed by atoms with van der Waals surface area (Å²) in [4.78, 5) is 4.06. The molecule has 0 bridgehead atoms. The van der Waals surface area contributed by atoms with Gasteiger partial charge in [0.1, 0.15) is 0 Å². The molecular weight excluding hydrogens is 274 g/mol. The summed E-state index contributed by atoms with van der Waals surface area (Å²) in [6.45, 7) is 7.24. The Morgan fingerprint density at radius 3 is 2.55 bits per heavy atom. The first kappa shape index (κ1) is 15.1. The molecule has 0 radical (unpaired) electrons. The van der Waals surface area contributed by atoms with Crippen LogP contribution in [0.3, 0.4) is 0 Å². The zero-order chi connectivity index (χ0) is 15.4. The first-order chi connectivity index (χ1) is 10.8. The normalized spacial score (nSPS) is 15.9. The van der Waals surface area contributed by atoms with Gasteiger partial charge in [0.15, 0.2) is 0 Å². The van der Waals surface area contributed by atoms with Gasteiger partial charge in [-0.25, -0.2) is 0 Å². The average Bonchev–Trinajstić information content (AvgIpc) is 2.58. The Morgan fingerprint density at radius 2 is 1.82 bits per heavy atom. The second kappa shape index (κ2) is 6.94. The fraction of sp³-hybridized carbons (Fsp3) is 0.471. The first-order valence-corrected chi connectivity index (χ1v) is 7.93. The van der Waals surface area contributed by atoms with E-state index in [0.29, 0.717) is 6.04 Å². The lowest BCUT2D eigenvalue weighted by atomic mass is 10.0. The molecule has 5 heteroatoms. The van der Waals surface area contributed by atoms with Gasteiger partial charge in [-0.15, -0.1) is 5.10 Å². The Hall–Kier alpha value is -1.85. The number of hydrogen-bond acceptors (Lipinski definition) is 5. The lowest BCUT2D eigenvalue weighted by Gasteiger charge is -2.24. The third-order valence-electron chi connectivity index (χ3n) is 4.47. The second-order valence-electron chi connectivity index (χ2n) is 5.89. The summed E-state index contributed by atoms with van der Waals surface area (Å²) in [7, 11) is 0. The van der Waals surface area contributed by atoms with Crippen LogP contribution < -0.4 is 10.6 Å². The number of piperidine rings is 1. The average molecular weight is 297 g/mol. The van der Waals surface area contributed by atoms with Crippen LogP contribution in [0.2, 0.25) is 0 Å². The van der Waals surface area contributed by atoms with Crippen molar-refractivity contribution in [1.82, 2.24) is 25.8 Å². The topological polar surface area (TPSA) is 62.7 Å². The molecule has 0 atom stereocenters. The molecule has 2 N–H and O–H groups in total. The molecular formula is C17H23N5. The van der Waals surface area contributed by atoms with Crippen LogP contribution in [-0.2, 0) is 6.54 Å². The highest BCUT2D eigenvalue weighted by Gasteiger charge is 2.15. The van der Waals surface area contributed by atoms with E-state index in [4.69, 9.17) is 0 Å². The van der Waals surface area contributed by atoms with Crippen LogP contribution >= 0.6 is 0 Å². The summed E-state index contributed by atoms with van der Waals surface area (Å²) in [6.07, 6.45) is 5.94. The van der Waals surface area contributed by atoms with Crippen LogP contribution in [0.15, 0.2) is 24.5 Å². The summed E-state index contributed by atoms with van der Waals surface area (Å²) in [5.41, 5.74) is 5.49. The molecule has 0 amide bonds. The lowest BCUT2D eigenvalue weighted by molar-refractivity contribution is 0.384. The van der Waals surface area contributed by atoms with Gasteiger partial charge in [0.05, 0.1) is 11.4 Å². The molecule has 0 unspecified atom stereocenters. The van der Waals surface area contributed by atoms with Crippen molar-refractivity contribution in [1.29, 1.82) is 0 Å². The minimum absolute atomic E-state index is 0.586. The Kier molecular flexibility index (Phi) is 4.75. The SMILES string of the molecule is Cc1c(CNC2CCNCC2)nnc(-c2ccncc2)c1C. The fourth-order valence-electron chi connectivity index (χ4n) is 2.87. The van der Waals surface area contributed by atoms with E-state index in [0.717, 1.165) is 36.6 Å². The minimum atomic E-state index is 0.586. The van der Waals surface area contributed by atoms with Gasteiger partial charge in [0, 0.05) is 30.5 Å². The fourth-order valence-corrected chi connectivity index (χ4v) is 2.87. The van der Waals surface area contributed by atoms with Gasteiger partial charge >= 0.3 is 0 Å². The minimum Gasteiger partial charge on any atom is -0.317 e. The van der Waals surface area contributed by atoms with Crippen molar-refractivity contribution < 1.29 is 0 Å². The van der Waals surface area contributed by atoms with Gasteiger partial charge in [-0.2, -0.15) is 5.10 Å². The predicted octanol–water partition coefficient (Wildman–Crippen LogP) is 2.00. The third-order valence-corrected chi connectivity index (χ3v) is 4.47. The summed E-state index contributed by atoms with van der Waals surface area (Å²) in [5.74, 6) is 0. The van der Waals surface area contributed by atoms with Crippen LogP contribution in [0.25, 0.3) is 11.3 Å². The standard InChI is InChI=1S/C17H23N5/c1-12-13(2)17(14-3-7-18-8-4-14)22-21-16(12)11-20-15-5-9-19-10-6-15/h3-4,7-8,15,19-20H,5-6,9-11H2,1-2H3. The Labute approximate surface area is 131 Å². The highest BCUT2D eigenvalue weighted by atomic mass is 15.1. The summed E-state index contributed by atoms with van der Waals surface area (Å²) in [5, 5.41) is 15.9. The number of aromatic nitrogens is 3. The Morgan fingerprint density at radius 1 is 1.09 bits per heavy atom. The number of hydrogen-bond donors (Lipinski definition) is 2. The number of nitrogens with one attached hydrogen (secondary N) is 2. The monoisotopic (exact) mass is 297 g/mol. The van der Waals surface area contributed by atoms with Crippen LogP contribution in [0.1, 0.15) is 29.7 Å². The lowest BCUT2D eigenvalue weighted by Crippen LogP contribution is -2.39. The van der Waals surface area contributed by atoms with Gasteiger partial charge in [-0.3, -0.25) is 4.98 Å². The largest absolute Gasteiger partial charge is 0.317 e. The van der Waals surface area contributed by atoms with Crippen molar-refractivity contribution in [2.75, 3.05) is 13.1 Å². The first-order valence-electron chi connectivity index (χ1n) is 7.93. The van der Waals surface area contributed by atoms with Gasteiger partial charge < -0.3 is 10.6 Å². The molecule has 1 fully saturated rings. The molecule has 2 aromatic rings. The second-order valence-corrected chi connectivity index (χ2v) is 5.89. The zero-order valence-electron chi connectivity index (χ0n) is 13.3. The van der Waals surface area contributed by atoms with Gasteiger partial charge in [-0.1, -0.05) is 0 Å². The van der Waals surface area contributed by atoms with E-state index in [1.165, 1.54) is 24.0 Å². The van der Waals surface area contributed by atoms with Crippen molar-refractivity contribution in [3.63, 3.8) is 0 Å². The zero-order valence-corrected chi connectivity index (χ0v) is 13.3. The molecule has 0 spiro atoms. The molecule has 3 rings (SSSR count). The molecule has 5 nitrogen and oxygen atoms in total. The molecule has 2 aromatic heterocycles. The predicted molar refractivity (Wildman–Crippen MR) is 87.5 cm³/mol. The van der Waals surface area contributed by atoms with E-state index in [1.54, 1.807) is 12.4 Å². The molecule has 1 aliphatic rings. The molecule has 3 heterocycles. The van der Waals surface area contributed by atoms with Crippen LogP contribution in [0.4, 0.5) is 0 Å². The maximum absolute atomic E-state index is 4.45. The van der Waals surface area contributed by atoms with Gasteiger partial charge in [0.25, 0.3) is 0 Å². The highest BCUT2D eigenvalue weighted by Crippen LogP contribution is 2.23. The molecule has 116 valence electrons. The molecule has 22 heavy (non-hydrogen) atoms. The van der Waals surface area contributed by atoms with E-state index in [9.17, 15) is 0 Å². The van der Waals surface area contributed by atoms with Gasteiger partial charge in [0.2, 0.25) is 0 Å². The molecule has 0 aromatic carbocycles. The van der Waals surface area contributed by atoms with E-state index in [1.807, 2.05) is 12.1 Å². The smallest absolute Gasteiger partial charge is 0.0962 e. The summed E-state index contributed by atoms with van der Waals surface area (Å²) in [6, 6.07) is 4.54. The maximum Gasteiger partial charge on any atom is 0.0962 e. The highest BCUT2D eigenvalue weighted by molar-refractivity contribution is 5.63. The molecule has 1 aliphatic heterocycles. The van der Waals surface area contributed by atoms with Crippen molar-refractivity contribution in [2.45, 2.75) is 39.3 Å². The Bertz CT molecular complexity index is 620. The van der Waals surface area contributed by atoms with E-state index in [2.05, 4.69) is 39.7 Å². The third kappa shape index (κ3) is 3.31. The number of rotatable bonds is 4. The van der Waals surface area contributed by atoms with E-state index < -0.39 is 0 Å². The molecule has 0 aliphatic carbocycles. The van der Waals surface area contributed by atoms with Crippen LogP contribution in [0, 0.1) is 13.8 Å². The van der Waals surface area contributed by atoms with E-state index in [-0.39, 0.29) is 0 Å². The number of pyridine rings is 1. The van der Waals surface area contributed by atoms with Gasteiger partial charge in [-0.05, 0) is 63.0 Å². The van der Waals surface area contributed by atoms with Crippen LogP contribution in [0.5, 0.6) is 0 Å². The van der Waals surface area contributed by atoms with Crippen molar-refractivity contribution in [2.24, 2.45) is 0 Å². The van der Waals surface area contributed by atoms with Crippen molar-refractivity contribution in [3.8, 4) is 11.3 Å². The number of nitrogens with zero attached hydrogens (tertiary/aromatic N) is 3. The summed E-state index contributed by atoms with van der Waals surface area (Å²) < 4.78 is 0. The quantitative estimate of drug-likeness (QED) is 0.904. The Balaban J connectivity index is 1.75. The maximum atomic E-state index is 4.45.